The molecule has 0 radical (unpaired) electrons. The van der Waals surface area contributed by atoms with Gasteiger partial charge in [-0.15, -0.1) is 0 Å². The van der Waals surface area contributed by atoms with Gasteiger partial charge in [-0.3, -0.25) is 0 Å². The van der Waals surface area contributed by atoms with Crippen molar-refractivity contribution in [3.8, 4) is 0 Å². The zero-order valence-corrected chi connectivity index (χ0v) is 13.2. The van der Waals surface area contributed by atoms with Crippen LogP contribution in [-0.2, 0) is 14.8 Å². The van der Waals surface area contributed by atoms with Crippen LogP contribution >= 0.6 is 0 Å². The smallest absolute Gasteiger partial charge is 0.339 e. The summed E-state index contributed by atoms with van der Waals surface area (Å²) in [5, 5.41) is 0. The van der Waals surface area contributed by atoms with E-state index in [2.05, 4.69) is 9.46 Å². The molecule has 116 valence electrons. The monoisotopic (exact) mass is 311 g/mol. The molecule has 1 aromatic rings. The number of hydrogen-bond donors (Lipinski definition) is 1. The summed E-state index contributed by atoms with van der Waals surface area (Å²) in [6.45, 7) is 1.88. The largest absolute Gasteiger partial charge is 0.465 e. The van der Waals surface area contributed by atoms with Crippen LogP contribution in [0.2, 0.25) is 0 Å². The topological polar surface area (TPSA) is 72.5 Å². The predicted octanol–water partition coefficient (Wildman–Crippen LogP) is 2.33. The van der Waals surface area contributed by atoms with Crippen LogP contribution in [0.4, 0.5) is 0 Å². The highest BCUT2D eigenvalue weighted by Gasteiger charge is 2.28. The third-order valence-electron chi connectivity index (χ3n) is 4.03. The number of methoxy groups -OCH3 is 1. The van der Waals surface area contributed by atoms with Gasteiger partial charge >= 0.3 is 5.97 Å². The quantitative estimate of drug-likeness (QED) is 0.847. The first-order valence-electron chi connectivity index (χ1n) is 7.15. The van der Waals surface area contributed by atoms with E-state index in [4.69, 9.17) is 0 Å². The summed E-state index contributed by atoms with van der Waals surface area (Å²) in [4.78, 5) is 11.7. The van der Waals surface area contributed by atoms with Gasteiger partial charge in [-0.05, 0) is 37.8 Å². The fourth-order valence-electron chi connectivity index (χ4n) is 2.84. The van der Waals surface area contributed by atoms with Crippen molar-refractivity contribution >= 4 is 16.0 Å². The Bertz CT molecular complexity index is 606. The Balaban J connectivity index is 2.25. The van der Waals surface area contributed by atoms with Crippen LogP contribution in [-0.4, -0.2) is 27.5 Å². The number of hydrogen-bond acceptors (Lipinski definition) is 4. The van der Waals surface area contributed by atoms with Crippen molar-refractivity contribution in [1.29, 1.82) is 0 Å². The maximum Gasteiger partial charge on any atom is 0.339 e. The molecule has 1 atom stereocenters. The van der Waals surface area contributed by atoms with Gasteiger partial charge in [0.15, 0.2) is 0 Å². The zero-order valence-electron chi connectivity index (χ0n) is 12.3. The molecule has 0 aliphatic heterocycles. The standard InChI is InChI=1S/C15H21NO4S/c1-11(12-7-3-4-8-12)16-21(18,19)14-10-6-5-9-13(14)15(17)20-2/h5-6,9-12,16H,3-4,7-8H2,1-2H3. The van der Waals surface area contributed by atoms with Gasteiger partial charge in [0.1, 0.15) is 0 Å². The molecular weight excluding hydrogens is 290 g/mol. The van der Waals surface area contributed by atoms with Gasteiger partial charge in [0.25, 0.3) is 0 Å². The molecule has 6 heteroatoms. The summed E-state index contributed by atoms with van der Waals surface area (Å²) in [5.74, 6) is -0.283. The maximum atomic E-state index is 12.5. The highest BCUT2D eigenvalue weighted by molar-refractivity contribution is 7.89. The van der Waals surface area contributed by atoms with Crippen molar-refractivity contribution in [2.75, 3.05) is 7.11 Å². The van der Waals surface area contributed by atoms with Gasteiger partial charge in [-0.2, -0.15) is 0 Å². The van der Waals surface area contributed by atoms with Crippen molar-refractivity contribution in [2.45, 2.75) is 43.5 Å². The average molecular weight is 311 g/mol. The zero-order chi connectivity index (χ0) is 15.5. The number of rotatable bonds is 5. The lowest BCUT2D eigenvalue weighted by Gasteiger charge is -2.21. The van der Waals surface area contributed by atoms with Gasteiger partial charge in [0, 0.05) is 6.04 Å². The third kappa shape index (κ3) is 3.63. The first-order valence-corrected chi connectivity index (χ1v) is 8.63. The number of ether oxygens (including phenoxy) is 1. The summed E-state index contributed by atoms with van der Waals surface area (Å²) in [7, 11) is -2.50. The predicted molar refractivity (Wildman–Crippen MR) is 79.5 cm³/mol. The van der Waals surface area contributed by atoms with E-state index in [-0.39, 0.29) is 16.5 Å². The van der Waals surface area contributed by atoms with Crippen LogP contribution in [0.25, 0.3) is 0 Å². The Hall–Kier alpha value is -1.40. The van der Waals surface area contributed by atoms with Crippen LogP contribution in [0.3, 0.4) is 0 Å². The molecule has 0 bridgehead atoms. The molecule has 1 fully saturated rings. The minimum atomic E-state index is -3.73. The lowest BCUT2D eigenvalue weighted by Crippen LogP contribution is -2.37. The second-order valence-electron chi connectivity index (χ2n) is 5.44. The molecule has 1 aromatic carbocycles. The molecule has 1 N–H and O–H groups in total. The fraction of sp³-hybridized carbons (Fsp3) is 0.533. The molecule has 21 heavy (non-hydrogen) atoms. The molecule has 1 aliphatic carbocycles. The lowest BCUT2D eigenvalue weighted by atomic mass is 10.0. The van der Waals surface area contributed by atoms with E-state index < -0.39 is 16.0 Å². The summed E-state index contributed by atoms with van der Waals surface area (Å²) in [5.41, 5.74) is 0.0612. The van der Waals surface area contributed by atoms with Crippen LogP contribution < -0.4 is 4.72 Å². The van der Waals surface area contributed by atoms with Gasteiger partial charge in [0.2, 0.25) is 10.0 Å². The Labute approximate surface area is 125 Å². The van der Waals surface area contributed by atoms with E-state index in [1.165, 1.54) is 19.2 Å². The summed E-state index contributed by atoms with van der Waals surface area (Å²) >= 11 is 0. The summed E-state index contributed by atoms with van der Waals surface area (Å²) in [6.07, 6.45) is 4.38. The molecule has 1 aliphatic rings. The molecule has 0 spiro atoms. The third-order valence-corrected chi connectivity index (χ3v) is 5.65. The van der Waals surface area contributed by atoms with E-state index >= 15 is 0 Å². The molecule has 0 heterocycles. The second-order valence-corrected chi connectivity index (χ2v) is 7.12. The lowest BCUT2D eigenvalue weighted by molar-refractivity contribution is 0.0596. The molecule has 1 unspecified atom stereocenters. The van der Waals surface area contributed by atoms with Crippen molar-refractivity contribution in [2.24, 2.45) is 5.92 Å². The highest BCUT2D eigenvalue weighted by Crippen LogP contribution is 2.28. The van der Waals surface area contributed by atoms with E-state index in [0.717, 1.165) is 25.7 Å². The molecule has 5 nitrogen and oxygen atoms in total. The second kappa shape index (κ2) is 6.58. The molecule has 0 saturated heterocycles. The Morgan fingerprint density at radius 2 is 1.90 bits per heavy atom. The SMILES string of the molecule is COC(=O)c1ccccc1S(=O)(=O)NC(C)C1CCCC1. The summed E-state index contributed by atoms with van der Waals surface area (Å²) < 4.78 is 32.4. The molecule has 0 aromatic heterocycles. The number of benzene rings is 1. The van der Waals surface area contributed by atoms with Crippen molar-refractivity contribution in [3.05, 3.63) is 29.8 Å². The van der Waals surface area contributed by atoms with Crippen LogP contribution in [0.15, 0.2) is 29.2 Å². The van der Waals surface area contributed by atoms with Gasteiger partial charge < -0.3 is 4.74 Å². The van der Waals surface area contributed by atoms with E-state index in [9.17, 15) is 13.2 Å². The Kier molecular flexibility index (Phi) is 5.00. The molecule has 0 amide bonds. The number of carbonyl (C=O) groups excluding carboxylic acids is 1. The van der Waals surface area contributed by atoms with E-state index in [1.54, 1.807) is 12.1 Å². The number of sulfonamides is 1. The van der Waals surface area contributed by atoms with E-state index in [0.29, 0.717) is 5.92 Å². The fourth-order valence-corrected chi connectivity index (χ4v) is 4.35. The number of esters is 1. The van der Waals surface area contributed by atoms with Crippen molar-refractivity contribution < 1.29 is 17.9 Å². The number of carbonyl (C=O) groups is 1. The van der Waals surface area contributed by atoms with Crippen LogP contribution in [0.1, 0.15) is 43.0 Å². The van der Waals surface area contributed by atoms with Crippen molar-refractivity contribution in [3.63, 3.8) is 0 Å². The van der Waals surface area contributed by atoms with Gasteiger partial charge in [-0.25, -0.2) is 17.9 Å². The molecular formula is C15H21NO4S. The van der Waals surface area contributed by atoms with Crippen LogP contribution in [0, 0.1) is 5.92 Å². The average Bonchev–Trinajstić information content (AvgIpc) is 3.00. The minimum absolute atomic E-state index is 0.0262. The van der Waals surface area contributed by atoms with Gasteiger partial charge in [0.05, 0.1) is 17.6 Å². The Morgan fingerprint density at radius 1 is 1.29 bits per heavy atom. The first kappa shape index (κ1) is 16.0. The van der Waals surface area contributed by atoms with E-state index in [1.807, 2.05) is 6.92 Å². The minimum Gasteiger partial charge on any atom is -0.465 e. The summed E-state index contributed by atoms with van der Waals surface area (Å²) in [6, 6.07) is 5.96. The normalized spacial score (nSPS) is 17.6. The molecule has 2 rings (SSSR count). The van der Waals surface area contributed by atoms with Crippen molar-refractivity contribution in [1.82, 2.24) is 4.72 Å². The Morgan fingerprint density at radius 3 is 2.52 bits per heavy atom. The maximum absolute atomic E-state index is 12.5. The highest BCUT2D eigenvalue weighted by atomic mass is 32.2. The first-order chi connectivity index (χ1) is 9.95. The molecule has 1 saturated carbocycles. The van der Waals surface area contributed by atoms with Crippen LogP contribution in [0.5, 0.6) is 0 Å². The number of nitrogens with one attached hydrogen (secondary N) is 1. The van der Waals surface area contributed by atoms with Gasteiger partial charge in [-0.1, -0.05) is 25.0 Å².